The Morgan fingerprint density at radius 3 is 2.89 bits per heavy atom. The number of amidine groups is 1. The van der Waals surface area contributed by atoms with Gasteiger partial charge in [0.2, 0.25) is 0 Å². The Morgan fingerprint density at radius 1 is 1.67 bits per heavy atom. The topological polar surface area (TPSA) is 96.9 Å². The average molecular weight is 253 g/mol. The van der Waals surface area contributed by atoms with Gasteiger partial charge in [0, 0.05) is 20.4 Å². The van der Waals surface area contributed by atoms with Crippen LogP contribution in [0.3, 0.4) is 0 Å². The first kappa shape index (κ1) is 14.2. The molecule has 0 aliphatic carbocycles. The van der Waals surface area contributed by atoms with Gasteiger partial charge in [-0.3, -0.25) is 0 Å². The predicted molar refractivity (Wildman–Crippen MR) is 69.0 cm³/mol. The number of hydrogen-bond donors (Lipinski definition) is 2. The summed E-state index contributed by atoms with van der Waals surface area (Å²) in [6.07, 6.45) is 1.54. The van der Waals surface area contributed by atoms with E-state index < -0.39 is 0 Å². The normalized spacial score (nSPS) is 13.4. The highest BCUT2D eigenvalue weighted by Gasteiger charge is 2.18. The molecule has 0 aliphatic heterocycles. The fourth-order valence-corrected chi connectivity index (χ4v) is 1.52. The molecule has 1 aromatic rings. The molecular formula is C11H19N5O2. The van der Waals surface area contributed by atoms with Gasteiger partial charge < -0.3 is 20.6 Å². The van der Waals surface area contributed by atoms with E-state index in [9.17, 15) is 0 Å². The van der Waals surface area contributed by atoms with E-state index in [4.69, 9.17) is 15.7 Å². The van der Waals surface area contributed by atoms with Gasteiger partial charge in [-0.2, -0.15) is 0 Å². The summed E-state index contributed by atoms with van der Waals surface area (Å²) in [5.41, 5.74) is 6.11. The molecule has 0 amide bonds. The van der Waals surface area contributed by atoms with Crippen LogP contribution in [0, 0.1) is 6.92 Å². The van der Waals surface area contributed by atoms with Crippen LogP contribution in [-0.4, -0.2) is 47.8 Å². The molecule has 0 saturated carbocycles. The molecular weight excluding hydrogens is 234 g/mol. The monoisotopic (exact) mass is 253 g/mol. The lowest BCUT2D eigenvalue weighted by atomic mass is 10.2. The van der Waals surface area contributed by atoms with Crippen molar-refractivity contribution in [1.29, 1.82) is 0 Å². The zero-order valence-electron chi connectivity index (χ0n) is 11.1. The van der Waals surface area contributed by atoms with E-state index in [-0.39, 0.29) is 11.9 Å². The molecule has 1 aromatic heterocycles. The van der Waals surface area contributed by atoms with E-state index in [0.29, 0.717) is 23.8 Å². The number of nitrogens with zero attached hydrogens (tertiary/aromatic N) is 4. The van der Waals surface area contributed by atoms with Gasteiger partial charge in [-0.15, -0.1) is 0 Å². The Hall–Kier alpha value is -1.89. The lowest BCUT2D eigenvalue weighted by molar-refractivity contribution is 0.183. The summed E-state index contributed by atoms with van der Waals surface area (Å²) in [6.45, 7) is 4.33. The van der Waals surface area contributed by atoms with E-state index >= 15 is 0 Å². The maximum Gasteiger partial charge on any atom is 0.175 e. The second kappa shape index (κ2) is 6.15. The Labute approximate surface area is 106 Å². The number of aryl methyl sites for hydroxylation is 1. The Morgan fingerprint density at radius 2 is 2.33 bits per heavy atom. The van der Waals surface area contributed by atoms with Crippen molar-refractivity contribution < 1.29 is 9.94 Å². The molecule has 0 fully saturated rings. The van der Waals surface area contributed by atoms with Gasteiger partial charge in [0.25, 0.3) is 0 Å². The molecule has 0 saturated heterocycles. The van der Waals surface area contributed by atoms with Crippen LogP contribution in [0.1, 0.15) is 18.3 Å². The van der Waals surface area contributed by atoms with Crippen LogP contribution < -0.4 is 10.6 Å². The van der Waals surface area contributed by atoms with Gasteiger partial charge in [0.15, 0.2) is 5.84 Å². The number of aromatic nitrogens is 2. The van der Waals surface area contributed by atoms with Crippen molar-refractivity contribution in [2.24, 2.45) is 10.9 Å². The SMILES string of the molecule is COCC(C)N(C)c1nc(C)ncc1C(N)=NO. The highest BCUT2D eigenvalue weighted by Crippen LogP contribution is 2.18. The number of methoxy groups -OCH3 is 1. The summed E-state index contributed by atoms with van der Waals surface area (Å²) in [6, 6.07) is 0.106. The summed E-state index contributed by atoms with van der Waals surface area (Å²) >= 11 is 0. The van der Waals surface area contributed by atoms with Crippen molar-refractivity contribution in [3.05, 3.63) is 17.6 Å². The van der Waals surface area contributed by atoms with Crippen molar-refractivity contribution in [3.63, 3.8) is 0 Å². The Kier molecular flexibility index (Phi) is 4.85. The van der Waals surface area contributed by atoms with Crippen molar-refractivity contribution in [2.75, 3.05) is 25.7 Å². The molecule has 3 N–H and O–H groups in total. The zero-order chi connectivity index (χ0) is 13.7. The van der Waals surface area contributed by atoms with E-state index in [0.717, 1.165) is 0 Å². The summed E-state index contributed by atoms with van der Waals surface area (Å²) in [4.78, 5) is 10.3. The van der Waals surface area contributed by atoms with Gasteiger partial charge in [0.05, 0.1) is 18.2 Å². The van der Waals surface area contributed by atoms with Gasteiger partial charge in [-0.05, 0) is 13.8 Å². The zero-order valence-corrected chi connectivity index (χ0v) is 11.1. The average Bonchev–Trinajstić information content (AvgIpc) is 2.37. The number of rotatable bonds is 5. The minimum absolute atomic E-state index is 0.0125. The first-order valence-corrected chi connectivity index (χ1v) is 5.54. The van der Waals surface area contributed by atoms with E-state index in [1.807, 2.05) is 18.9 Å². The molecule has 1 unspecified atom stereocenters. The van der Waals surface area contributed by atoms with Crippen molar-refractivity contribution in [2.45, 2.75) is 19.9 Å². The third-order valence-electron chi connectivity index (χ3n) is 2.68. The molecule has 0 aromatic carbocycles. The van der Waals surface area contributed by atoms with Crippen molar-refractivity contribution in [1.82, 2.24) is 9.97 Å². The van der Waals surface area contributed by atoms with E-state index in [1.165, 1.54) is 0 Å². The number of hydrogen-bond acceptors (Lipinski definition) is 6. The lowest BCUT2D eigenvalue weighted by Gasteiger charge is -2.27. The molecule has 100 valence electrons. The quantitative estimate of drug-likeness (QED) is 0.340. The van der Waals surface area contributed by atoms with Crippen LogP contribution in [0.25, 0.3) is 0 Å². The third-order valence-corrected chi connectivity index (χ3v) is 2.68. The van der Waals surface area contributed by atoms with Crippen LogP contribution >= 0.6 is 0 Å². The smallest absolute Gasteiger partial charge is 0.175 e. The number of ether oxygens (including phenoxy) is 1. The fraction of sp³-hybridized carbons (Fsp3) is 0.545. The van der Waals surface area contributed by atoms with Crippen LogP contribution in [0.2, 0.25) is 0 Å². The highest BCUT2D eigenvalue weighted by molar-refractivity contribution is 6.01. The molecule has 0 aliphatic rings. The van der Waals surface area contributed by atoms with Gasteiger partial charge in [0.1, 0.15) is 11.6 Å². The number of oxime groups is 1. The number of likely N-dealkylation sites (N-methyl/N-ethyl adjacent to an activating group) is 1. The van der Waals surface area contributed by atoms with Crippen molar-refractivity contribution in [3.8, 4) is 0 Å². The molecule has 0 radical (unpaired) electrons. The summed E-state index contributed by atoms with van der Waals surface area (Å²) < 4.78 is 5.11. The van der Waals surface area contributed by atoms with Crippen molar-refractivity contribution >= 4 is 11.7 Å². The first-order chi connectivity index (χ1) is 8.51. The molecule has 1 atom stereocenters. The summed E-state index contributed by atoms with van der Waals surface area (Å²) in [5, 5.41) is 11.8. The molecule has 7 nitrogen and oxygen atoms in total. The molecule has 0 spiro atoms. The maximum atomic E-state index is 8.77. The summed E-state index contributed by atoms with van der Waals surface area (Å²) in [5.74, 6) is 1.22. The molecule has 1 rings (SSSR count). The highest BCUT2D eigenvalue weighted by atomic mass is 16.5. The molecule has 7 heteroatoms. The largest absolute Gasteiger partial charge is 0.409 e. The van der Waals surface area contributed by atoms with Crippen LogP contribution in [0.5, 0.6) is 0 Å². The predicted octanol–water partition coefficient (Wildman–Crippen LogP) is 0.351. The second-order valence-corrected chi connectivity index (χ2v) is 4.06. The molecule has 18 heavy (non-hydrogen) atoms. The van der Waals surface area contributed by atoms with E-state index in [2.05, 4.69) is 15.1 Å². The first-order valence-electron chi connectivity index (χ1n) is 5.54. The molecule has 1 heterocycles. The number of nitrogens with two attached hydrogens (primary N) is 1. The van der Waals surface area contributed by atoms with Gasteiger partial charge in [-0.25, -0.2) is 9.97 Å². The minimum Gasteiger partial charge on any atom is -0.409 e. The second-order valence-electron chi connectivity index (χ2n) is 4.06. The van der Waals surface area contributed by atoms with Crippen LogP contribution in [0.15, 0.2) is 11.4 Å². The Balaban J connectivity index is 3.16. The lowest BCUT2D eigenvalue weighted by Crippen LogP contribution is -2.35. The maximum absolute atomic E-state index is 8.77. The van der Waals surface area contributed by atoms with Crippen LogP contribution in [0.4, 0.5) is 5.82 Å². The Bertz CT molecular complexity index is 435. The third kappa shape index (κ3) is 3.07. The fourth-order valence-electron chi connectivity index (χ4n) is 1.52. The number of anilines is 1. The minimum atomic E-state index is -0.0125. The van der Waals surface area contributed by atoms with E-state index in [1.54, 1.807) is 20.2 Å². The summed E-state index contributed by atoms with van der Waals surface area (Å²) in [7, 11) is 3.51. The van der Waals surface area contributed by atoms with Crippen LogP contribution in [-0.2, 0) is 4.74 Å². The van der Waals surface area contributed by atoms with Gasteiger partial charge >= 0.3 is 0 Å². The molecule has 0 bridgehead atoms. The van der Waals surface area contributed by atoms with Gasteiger partial charge in [-0.1, -0.05) is 5.16 Å². The standard InChI is InChI=1S/C11H19N5O2/c1-7(6-18-4)16(3)11-9(10(12)15-17)5-13-8(2)14-11/h5,7,17H,6H2,1-4H3,(H2,12,15).